The average Bonchev–Trinajstić information content (AvgIpc) is 3.22. The molecule has 0 saturated carbocycles. The first-order chi connectivity index (χ1) is 15.4. The van der Waals surface area contributed by atoms with Crippen LogP contribution >= 0.6 is 11.8 Å². The third-order valence-corrected chi connectivity index (χ3v) is 5.29. The van der Waals surface area contributed by atoms with Gasteiger partial charge in [-0.25, -0.2) is 9.67 Å². The summed E-state index contributed by atoms with van der Waals surface area (Å²) in [4.78, 5) is 42.1. The molecule has 0 spiro atoms. The van der Waals surface area contributed by atoms with Crippen LogP contribution in [0.5, 0.6) is 5.75 Å². The second-order valence-corrected chi connectivity index (χ2v) is 7.47. The Bertz CT molecular complexity index is 1370. The average molecular weight is 452 g/mol. The van der Waals surface area contributed by atoms with Gasteiger partial charge in [-0.1, -0.05) is 17.8 Å². The van der Waals surface area contributed by atoms with Crippen molar-refractivity contribution in [2.45, 2.75) is 5.16 Å². The lowest BCUT2D eigenvalue weighted by Gasteiger charge is -2.06. The van der Waals surface area contributed by atoms with Crippen LogP contribution in [-0.4, -0.2) is 43.4 Å². The smallest absolute Gasteiger partial charge is 0.271 e. The lowest BCUT2D eigenvalue weighted by atomic mass is 10.3. The van der Waals surface area contributed by atoms with Gasteiger partial charge < -0.3 is 15.0 Å². The molecule has 0 saturated heterocycles. The summed E-state index contributed by atoms with van der Waals surface area (Å²) in [5.74, 6) is 0.220. The highest BCUT2D eigenvalue weighted by Gasteiger charge is 2.14. The van der Waals surface area contributed by atoms with E-state index in [1.54, 1.807) is 37.4 Å². The molecule has 0 aliphatic rings. The van der Waals surface area contributed by atoms with Crippen LogP contribution in [0.15, 0.2) is 64.7 Å². The van der Waals surface area contributed by atoms with Gasteiger partial charge in [0.15, 0.2) is 10.8 Å². The third-order valence-electron chi connectivity index (χ3n) is 4.41. The molecule has 32 heavy (non-hydrogen) atoms. The van der Waals surface area contributed by atoms with Crippen LogP contribution < -0.4 is 15.6 Å². The number of methoxy groups -OCH3 is 1. The summed E-state index contributed by atoms with van der Waals surface area (Å²) in [6.07, 6.45) is 1.43. The van der Waals surface area contributed by atoms with Crippen molar-refractivity contribution in [3.8, 4) is 11.4 Å². The molecule has 11 nitrogen and oxygen atoms in total. The van der Waals surface area contributed by atoms with Gasteiger partial charge >= 0.3 is 0 Å². The number of nitro groups is 1. The molecule has 2 heterocycles. The van der Waals surface area contributed by atoms with Crippen LogP contribution in [0.2, 0.25) is 0 Å². The number of ether oxygens (including phenoxy) is 1. The molecular weight excluding hydrogens is 436 g/mol. The van der Waals surface area contributed by atoms with Crippen LogP contribution in [0.4, 0.5) is 11.4 Å². The number of non-ortho nitro benzene ring substituents is 1. The number of nitrogens with one attached hydrogen (secondary N) is 2. The minimum atomic E-state index is -0.541. The van der Waals surface area contributed by atoms with Crippen molar-refractivity contribution in [3.05, 3.63) is 75.2 Å². The number of hydrogen-bond donors (Lipinski definition) is 2. The zero-order valence-corrected chi connectivity index (χ0v) is 17.5. The van der Waals surface area contributed by atoms with Gasteiger partial charge in [0, 0.05) is 17.8 Å². The monoisotopic (exact) mass is 452 g/mol. The Labute approximate surface area is 184 Å². The van der Waals surface area contributed by atoms with Crippen molar-refractivity contribution in [1.29, 1.82) is 0 Å². The Morgan fingerprint density at radius 1 is 1.28 bits per heavy atom. The fourth-order valence-electron chi connectivity index (χ4n) is 2.91. The Morgan fingerprint density at radius 3 is 2.78 bits per heavy atom. The quantitative estimate of drug-likeness (QED) is 0.188. The molecule has 2 N–H and O–H groups in total. The number of aromatic amines is 1. The van der Waals surface area contributed by atoms with Gasteiger partial charge in [-0.3, -0.25) is 19.7 Å². The maximum absolute atomic E-state index is 12.4. The first-order valence-electron chi connectivity index (χ1n) is 9.24. The number of aromatic nitrogens is 4. The molecule has 0 unspecified atom stereocenters. The second-order valence-electron chi connectivity index (χ2n) is 6.51. The number of nitro benzene ring substituents is 1. The van der Waals surface area contributed by atoms with Crippen LogP contribution in [0.1, 0.15) is 0 Å². The normalized spacial score (nSPS) is 10.8. The summed E-state index contributed by atoms with van der Waals surface area (Å²) in [5.41, 5.74) is 0.841. The number of fused-ring (bicyclic) bond motifs is 1. The number of hydrogen-bond acceptors (Lipinski definition) is 8. The molecule has 0 atom stereocenters. The maximum Gasteiger partial charge on any atom is 0.271 e. The molecule has 2 aromatic carbocycles. The first kappa shape index (κ1) is 21.1. The fourth-order valence-corrected chi connectivity index (χ4v) is 3.56. The Balaban J connectivity index is 1.52. The molecule has 4 aromatic rings. The second kappa shape index (κ2) is 8.89. The van der Waals surface area contributed by atoms with E-state index in [1.165, 1.54) is 29.1 Å². The Hall–Kier alpha value is -4.19. The summed E-state index contributed by atoms with van der Waals surface area (Å²) >= 11 is 1.03. The molecule has 0 aliphatic carbocycles. The highest BCUT2D eigenvalue weighted by molar-refractivity contribution is 7.99. The van der Waals surface area contributed by atoms with Gasteiger partial charge in [-0.2, -0.15) is 5.10 Å². The molecule has 0 fully saturated rings. The highest BCUT2D eigenvalue weighted by Crippen LogP contribution is 2.21. The third kappa shape index (κ3) is 4.44. The Morgan fingerprint density at radius 2 is 2.06 bits per heavy atom. The zero-order valence-electron chi connectivity index (χ0n) is 16.6. The van der Waals surface area contributed by atoms with Crippen molar-refractivity contribution in [3.63, 3.8) is 0 Å². The van der Waals surface area contributed by atoms with Crippen LogP contribution in [0.25, 0.3) is 16.7 Å². The van der Waals surface area contributed by atoms with E-state index in [0.29, 0.717) is 28.2 Å². The number of thioether (sulfide) groups is 1. The summed E-state index contributed by atoms with van der Waals surface area (Å²) in [6.45, 7) is 0. The van der Waals surface area contributed by atoms with E-state index in [2.05, 4.69) is 20.4 Å². The summed E-state index contributed by atoms with van der Waals surface area (Å²) in [5, 5.41) is 18.3. The van der Waals surface area contributed by atoms with E-state index in [9.17, 15) is 19.7 Å². The largest absolute Gasteiger partial charge is 0.497 e. The van der Waals surface area contributed by atoms with E-state index in [0.717, 1.165) is 11.8 Å². The van der Waals surface area contributed by atoms with Gasteiger partial charge in [0.25, 0.3) is 11.2 Å². The Kier molecular flexibility index (Phi) is 5.85. The summed E-state index contributed by atoms with van der Waals surface area (Å²) in [6, 6.07) is 12.7. The minimum absolute atomic E-state index is 0.0617. The number of amides is 1. The number of rotatable bonds is 7. The van der Waals surface area contributed by atoms with Crippen molar-refractivity contribution in [2.75, 3.05) is 18.2 Å². The van der Waals surface area contributed by atoms with Crippen LogP contribution in [-0.2, 0) is 4.79 Å². The minimum Gasteiger partial charge on any atom is -0.497 e. The number of H-pyrrole nitrogens is 1. The van der Waals surface area contributed by atoms with Crippen LogP contribution in [0, 0.1) is 10.1 Å². The summed E-state index contributed by atoms with van der Waals surface area (Å²) in [7, 11) is 1.57. The summed E-state index contributed by atoms with van der Waals surface area (Å²) < 4.78 is 6.68. The molecule has 2 aromatic heterocycles. The highest BCUT2D eigenvalue weighted by atomic mass is 32.2. The van der Waals surface area contributed by atoms with Gasteiger partial charge in [-0.05, 0) is 30.3 Å². The molecule has 4 rings (SSSR count). The van der Waals surface area contributed by atoms with E-state index in [1.807, 2.05) is 0 Å². The molecule has 1 amide bonds. The van der Waals surface area contributed by atoms with Crippen molar-refractivity contribution in [1.82, 2.24) is 19.7 Å². The molecule has 0 radical (unpaired) electrons. The van der Waals surface area contributed by atoms with E-state index in [-0.39, 0.29) is 22.2 Å². The zero-order chi connectivity index (χ0) is 22.7. The number of nitrogens with zero attached hydrogens (tertiary/aromatic N) is 4. The van der Waals surface area contributed by atoms with E-state index in [4.69, 9.17) is 4.74 Å². The van der Waals surface area contributed by atoms with Gasteiger partial charge in [0.1, 0.15) is 11.1 Å². The lowest BCUT2D eigenvalue weighted by Crippen LogP contribution is -2.15. The molecule has 0 bridgehead atoms. The molecule has 162 valence electrons. The predicted molar refractivity (Wildman–Crippen MR) is 118 cm³/mol. The number of benzene rings is 2. The van der Waals surface area contributed by atoms with Gasteiger partial charge in [0.05, 0.1) is 29.7 Å². The lowest BCUT2D eigenvalue weighted by molar-refractivity contribution is -0.384. The van der Waals surface area contributed by atoms with Gasteiger partial charge in [-0.15, -0.1) is 0 Å². The topological polar surface area (TPSA) is 145 Å². The SMILES string of the molecule is COc1ccc(-n2ncc3c(=O)[nH]c(SCC(=O)Nc4cccc([N+](=O)[O-])c4)nc32)cc1. The van der Waals surface area contributed by atoms with Gasteiger partial charge in [0.2, 0.25) is 5.91 Å². The first-order valence-corrected chi connectivity index (χ1v) is 10.2. The number of carbonyl (C=O) groups excluding carboxylic acids is 1. The molecule has 0 aliphatic heterocycles. The molecule has 12 heteroatoms. The van der Waals surface area contributed by atoms with Crippen molar-refractivity contribution < 1.29 is 14.5 Å². The van der Waals surface area contributed by atoms with E-state index >= 15 is 0 Å². The maximum atomic E-state index is 12.4. The number of anilines is 1. The predicted octanol–water partition coefficient (Wildman–Crippen LogP) is 2.76. The van der Waals surface area contributed by atoms with Crippen LogP contribution in [0.3, 0.4) is 0 Å². The standard InChI is InChI=1S/C20H16N6O5S/c1-31-15-7-5-13(6-8-15)25-18-16(10-21-25)19(28)24-20(23-18)32-11-17(27)22-12-3-2-4-14(9-12)26(29)30/h2-10H,11H2,1H3,(H,22,27)(H,23,24,28). The molecular formula is C20H16N6O5S. The van der Waals surface area contributed by atoms with Crippen molar-refractivity contribution in [2.24, 2.45) is 0 Å². The van der Waals surface area contributed by atoms with E-state index < -0.39 is 10.8 Å². The van der Waals surface area contributed by atoms with Crippen molar-refractivity contribution >= 4 is 40.1 Å². The number of carbonyl (C=O) groups is 1. The fraction of sp³-hybridized carbons (Fsp3) is 0.100.